The fourth-order valence-corrected chi connectivity index (χ4v) is 5.05. The van der Waals surface area contributed by atoms with E-state index in [1.807, 2.05) is 35.2 Å². The van der Waals surface area contributed by atoms with Crippen molar-refractivity contribution in [3.63, 3.8) is 0 Å². The van der Waals surface area contributed by atoms with Gasteiger partial charge in [-0.25, -0.2) is 4.79 Å². The van der Waals surface area contributed by atoms with Crippen molar-refractivity contribution in [2.75, 3.05) is 31.6 Å². The molecule has 2 aromatic rings. The fraction of sp³-hybridized carbons (Fsp3) is 0.444. The summed E-state index contributed by atoms with van der Waals surface area (Å²) in [7, 11) is 0. The number of amides is 2. The molecule has 5 nitrogen and oxygen atoms in total. The Kier molecular flexibility index (Phi) is 6.16. The molecule has 5 rings (SSSR count). The van der Waals surface area contributed by atoms with Gasteiger partial charge in [0.15, 0.2) is 0 Å². The van der Waals surface area contributed by atoms with Gasteiger partial charge in [0.2, 0.25) is 0 Å². The first-order chi connectivity index (χ1) is 15.7. The molecule has 2 heterocycles. The van der Waals surface area contributed by atoms with Crippen LogP contribution in [0.5, 0.6) is 0 Å². The van der Waals surface area contributed by atoms with E-state index >= 15 is 0 Å². The Labute approximate surface area is 190 Å². The molecule has 2 saturated heterocycles. The summed E-state index contributed by atoms with van der Waals surface area (Å²) < 4.78 is 0. The minimum atomic E-state index is -0.0463. The number of hydrogen-bond donors (Lipinski definition) is 2. The Hall–Kier alpha value is -2.81. The smallest absolute Gasteiger partial charge is 0.321 e. The molecule has 32 heavy (non-hydrogen) atoms. The fourth-order valence-electron chi connectivity index (χ4n) is 5.05. The van der Waals surface area contributed by atoms with Crippen molar-refractivity contribution in [1.29, 1.82) is 0 Å². The Morgan fingerprint density at radius 1 is 1.03 bits per heavy atom. The summed E-state index contributed by atoms with van der Waals surface area (Å²) >= 11 is 0. The molecule has 166 valence electrons. The number of carbonyl (C=O) groups is 1. The maximum atomic E-state index is 13.0. The Morgan fingerprint density at radius 3 is 2.50 bits per heavy atom. The quantitative estimate of drug-likeness (QED) is 0.728. The van der Waals surface area contributed by atoms with Crippen LogP contribution in [0.15, 0.2) is 54.6 Å². The van der Waals surface area contributed by atoms with Gasteiger partial charge in [0.25, 0.3) is 0 Å². The first-order valence-corrected chi connectivity index (χ1v) is 11.8. The zero-order chi connectivity index (χ0) is 21.9. The van der Waals surface area contributed by atoms with E-state index in [2.05, 4.69) is 46.3 Å². The van der Waals surface area contributed by atoms with Gasteiger partial charge in [0, 0.05) is 48.3 Å². The number of rotatable bonds is 3. The molecule has 3 fully saturated rings. The van der Waals surface area contributed by atoms with Crippen LogP contribution in [0, 0.1) is 17.8 Å². The minimum Gasteiger partial charge on any atom is -0.395 e. The van der Waals surface area contributed by atoms with Crippen LogP contribution >= 0.6 is 0 Å². The lowest BCUT2D eigenvalue weighted by molar-refractivity contribution is -0.0585. The molecule has 2 aliphatic heterocycles. The molecule has 1 aliphatic carbocycles. The maximum Gasteiger partial charge on any atom is 0.321 e. The van der Waals surface area contributed by atoms with Crippen LogP contribution < -0.4 is 5.32 Å². The van der Waals surface area contributed by atoms with Crippen LogP contribution in [0.1, 0.15) is 42.7 Å². The molecule has 2 aromatic carbocycles. The van der Waals surface area contributed by atoms with E-state index in [9.17, 15) is 9.90 Å². The number of hydrogen-bond acceptors (Lipinski definition) is 3. The van der Waals surface area contributed by atoms with Gasteiger partial charge in [-0.15, -0.1) is 0 Å². The topological polar surface area (TPSA) is 55.8 Å². The van der Waals surface area contributed by atoms with E-state index in [0.29, 0.717) is 12.5 Å². The lowest BCUT2D eigenvalue weighted by atomic mass is 9.74. The van der Waals surface area contributed by atoms with Crippen molar-refractivity contribution >= 4 is 11.7 Å². The zero-order valence-electron chi connectivity index (χ0n) is 18.4. The third-order valence-corrected chi connectivity index (χ3v) is 6.98. The van der Waals surface area contributed by atoms with Crippen LogP contribution in [0.2, 0.25) is 0 Å². The number of fused-ring (bicyclic) bond motifs is 1. The summed E-state index contributed by atoms with van der Waals surface area (Å²) in [6.45, 7) is 2.55. The van der Waals surface area contributed by atoms with Gasteiger partial charge in [0.05, 0.1) is 6.61 Å². The average molecular weight is 430 g/mol. The van der Waals surface area contributed by atoms with Crippen molar-refractivity contribution in [2.24, 2.45) is 5.92 Å². The molecule has 3 aliphatic rings. The molecule has 0 bridgehead atoms. The molecule has 1 saturated carbocycles. The van der Waals surface area contributed by atoms with Gasteiger partial charge in [0.1, 0.15) is 0 Å². The molecule has 0 unspecified atom stereocenters. The van der Waals surface area contributed by atoms with Gasteiger partial charge in [-0.05, 0) is 62.1 Å². The molecule has 0 aromatic heterocycles. The van der Waals surface area contributed by atoms with Crippen LogP contribution in [0.4, 0.5) is 10.5 Å². The first-order valence-electron chi connectivity index (χ1n) is 11.8. The average Bonchev–Trinajstić information content (AvgIpc) is 3.63. The summed E-state index contributed by atoms with van der Waals surface area (Å²) in [6, 6.07) is 18.4. The highest BCUT2D eigenvalue weighted by molar-refractivity contribution is 5.89. The SMILES string of the molecule is O=C(Nc1ccccc1)N1CCCCN2[C@H](CO)[C@@H](c3ccc(C#CC4CC4)cc3)[C@H]2C1. The molecule has 3 atom stereocenters. The Morgan fingerprint density at radius 2 is 1.78 bits per heavy atom. The molecule has 0 spiro atoms. The number of nitrogens with one attached hydrogen (secondary N) is 1. The van der Waals surface area contributed by atoms with Gasteiger partial charge >= 0.3 is 6.03 Å². The van der Waals surface area contributed by atoms with E-state index in [1.54, 1.807) is 0 Å². The predicted molar refractivity (Wildman–Crippen MR) is 126 cm³/mol. The lowest BCUT2D eigenvalue weighted by Gasteiger charge is -2.57. The van der Waals surface area contributed by atoms with Crippen molar-refractivity contribution in [3.8, 4) is 11.8 Å². The van der Waals surface area contributed by atoms with Crippen LogP contribution in [0.25, 0.3) is 0 Å². The molecular weight excluding hydrogens is 398 g/mol. The van der Waals surface area contributed by atoms with E-state index in [-0.39, 0.29) is 30.6 Å². The van der Waals surface area contributed by atoms with Crippen LogP contribution in [-0.4, -0.2) is 59.3 Å². The van der Waals surface area contributed by atoms with Gasteiger partial charge < -0.3 is 15.3 Å². The second-order valence-corrected chi connectivity index (χ2v) is 9.20. The summed E-state index contributed by atoms with van der Waals surface area (Å²) in [4.78, 5) is 17.4. The lowest BCUT2D eigenvalue weighted by Crippen LogP contribution is -2.68. The zero-order valence-corrected chi connectivity index (χ0v) is 18.4. The molecule has 5 heteroatoms. The van der Waals surface area contributed by atoms with E-state index in [1.165, 1.54) is 18.4 Å². The number of anilines is 1. The van der Waals surface area contributed by atoms with Crippen molar-refractivity contribution in [1.82, 2.24) is 9.80 Å². The molecule has 2 amide bonds. The number of nitrogens with zero attached hydrogens (tertiary/aromatic N) is 2. The third-order valence-electron chi connectivity index (χ3n) is 6.98. The summed E-state index contributed by atoms with van der Waals surface area (Å²) in [5.41, 5.74) is 3.10. The van der Waals surface area contributed by atoms with E-state index in [4.69, 9.17) is 0 Å². The number of para-hydroxylation sites is 1. The summed E-state index contributed by atoms with van der Waals surface area (Å²) in [6.07, 6.45) is 4.47. The highest BCUT2D eigenvalue weighted by Crippen LogP contribution is 2.42. The van der Waals surface area contributed by atoms with E-state index in [0.717, 1.165) is 37.2 Å². The molecule has 2 N–H and O–H groups in total. The number of urea groups is 1. The second-order valence-electron chi connectivity index (χ2n) is 9.20. The highest BCUT2D eigenvalue weighted by Gasteiger charge is 2.49. The molecular formula is C27H31N3O2. The minimum absolute atomic E-state index is 0.0463. The van der Waals surface area contributed by atoms with E-state index < -0.39 is 0 Å². The van der Waals surface area contributed by atoms with Crippen molar-refractivity contribution in [2.45, 2.75) is 43.7 Å². The van der Waals surface area contributed by atoms with Gasteiger partial charge in [-0.2, -0.15) is 0 Å². The predicted octanol–water partition coefficient (Wildman–Crippen LogP) is 3.90. The van der Waals surface area contributed by atoms with Gasteiger partial charge in [-0.1, -0.05) is 42.2 Å². The van der Waals surface area contributed by atoms with Crippen LogP contribution in [-0.2, 0) is 0 Å². The number of carbonyl (C=O) groups excluding carboxylic acids is 1. The summed E-state index contributed by atoms with van der Waals surface area (Å²) in [5.74, 6) is 7.41. The Balaban J connectivity index is 1.32. The normalized spacial score (nSPS) is 25.4. The number of benzene rings is 2. The maximum absolute atomic E-state index is 13.0. The highest BCUT2D eigenvalue weighted by atomic mass is 16.3. The van der Waals surface area contributed by atoms with Crippen molar-refractivity contribution in [3.05, 3.63) is 65.7 Å². The largest absolute Gasteiger partial charge is 0.395 e. The number of aliphatic hydroxyl groups excluding tert-OH is 1. The molecule has 0 radical (unpaired) electrons. The van der Waals surface area contributed by atoms with Crippen molar-refractivity contribution < 1.29 is 9.90 Å². The summed E-state index contributed by atoms with van der Waals surface area (Å²) in [5, 5.41) is 13.2. The Bertz CT molecular complexity index is 991. The first kappa shape index (κ1) is 21.1. The van der Waals surface area contributed by atoms with Gasteiger partial charge in [-0.3, -0.25) is 4.90 Å². The number of aliphatic hydroxyl groups is 1. The van der Waals surface area contributed by atoms with Crippen LogP contribution in [0.3, 0.4) is 0 Å². The second kappa shape index (κ2) is 9.36. The third kappa shape index (κ3) is 4.53. The standard InChI is InChI=1S/C27H31N3O2/c31-19-25-26(22-14-12-21(13-15-22)11-10-20-8-9-20)24-18-29(16-4-5-17-30(24)25)27(32)28-23-6-2-1-3-7-23/h1-3,6-7,12-15,20,24-26,31H,4-5,8-9,16-19H2,(H,28,32)/t24-,25-,26+/m1/s1. The monoisotopic (exact) mass is 429 g/mol.